The lowest BCUT2D eigenvalue weighted by atomic mass is 9.98. The van der Waals surface area contributed by atoms with Crippen LogP contribution in [0.4, 0.5) is 0 Å². The van der Waals surface area contributed by atoms with Crippen molar-refractivity contribution in [2.75, 3.05) is 21.3 Å². The Kier molecular flexibility index (Phi) is 6.49. The third kappa shape index (κ3) is 4.36. The van der Waals surface area contributed by atoms with E-state index in [2.05, 4.69) is 5.10 Å². The maximum Gasteiger partial charge on any atom is 0.279 e. The zero-order valence-electron chi connectivity index (χ0n) is 18.4. The number of methoxy groups -OCH3 is 3. The second kappa shape index (κ2) is 9.33. The van der Waals surface area contributed by atoms with Crippen LogP contribution >= 0.6 is 11.6 Å². The Morgan fingerprint density at radius 2 is 1.67 bits per heavy atom. The summed E-state index contributed by atoms with van der Waals surface area (Å²) in [6, 6.07) is 18.1. The highest BCUT2D eigenvalue weighted by molar-refractivity contribution is 7.89. The van der Waals surface area contributed by atoms with Crippen LogP contribution in [0.1, 0.15) is 23.6 Å². The second-order valence-electron chi connectivity index (χ2n) is 7.31. The van der Waals surface area contributed by atoms with Gasteiger partial charge in [0, 0.05) is 22.6 Å². The van der Waals surface area contributed by atoms with Gasteiger partial charge in [-0.1, -0.05) is 35.9 Å². The van der Waals surface area contributed by atoms with Crippen molar-refractivity contribution in [2.24, 2.45) is 5.10 Å². The SMILES string of the molecule is COc1cccc(C2=NN(S(=O)(=O)c3ccc(Cl)cc3)C(c3cccc(OC)c3OC)C2)c1. The first-order valence-corrected chi connectivity index (χ1v) is 11.9. The summed E-state index contributed by atoms with van der Waals surface area (Å²) < 4.78 is 44.8. The van der Waals surface area contributed by atoms with E-state index in [4.69, 9.17) is 25.8 Å². The molecule has 9 heteroatoms. The number of hydrazone groups is 1. The van der Waals surface area contributed by atoms with E-state index in [1.54, 1.807) is 31.4 Å². The number of benzene rings is 3. The van der Waals surface area contributed by atoms with Gasteiger partial charge in [-0.15, -0.1) is 0 Å². The molecule has 0 N–H and O–H groups in total. The topological polar surface area (TPSA) is 77.4 Å². The predicted molar refractivity (Wildman–Crippen MR) is 127 cm³/mol. The third-order valence-electron chi connectivity index (χ3n) is 5.43. The number of ether oxygens (including phenoxy) is 3. The van der Waals surface area contributed by atoms with Gasteiger partial charge < -0.3 is 14.2 Å². The van der Waals surface area contributed by atoms with Crippen LogP contribution in [-0.2, 0) is 10.0 Å². The van der Waals surface area contributed by atoms with E-state index in [-0.39, 0.29) is 4.90 Å². The summed E-state index contributed by atoms with van der Waals surface area (Å²) in [5.41, 5.74) is 2.03. The maximum atomic E-state index is 13.7. The zero-order valence-corrected chi connectivity index (χ0v) is 19.9. The number of halogens is 1. The molecule has 1 aliphatic rings. The third-order valence-corrected chi connectivity index (χ3v) is 7.37. The minimum absolute atomic E-state index is 0.0920. The molecule has 1 unspecified atom stereocenters. The quantitative estimate of drug-likeness (QED) is 0.474. The molecule has 0 radical (unpaired) electrons. The van der Waals surface area contributed by atoms with Crippen molar-refractivity contribution in [2.45, 2.75) is 17.4 Å². The highest BCUT2D eigenvalue weighted by Crippen LogP contribution is 2.44. The lowest BCUT2D eigenvalue weighted by Gasteiger charge is -2.25. The van der Waals surface area contributed by atoms with Gasteiger partial charge >= 0.3 is 0 Å². The average Bonchev–Trinajstić information content (AvgIpc) is 3.30. The molecule has 0 saturated carbocycles. The number of hydrogen-bond acceptors (Lipinski definition) is 6. The Morgan fingerprint density at radius 1 is 0.939 bits per heavy atom. The number of rotatable bonds is 7. The summed E-state index contributed by atoms with van der Waals surface area (Å²) in [4.78, 5) is 0.0920. The van der Waals surface area contributed by atoms with Gasteiger partial charge in [0.15, 0.2) is 11.5 Å². The molecule has 7 nitrogen and oxygen atoms in total. The van der Waals surface area contributed by atoms with Gasteiger partial charge in [0.2, 0.25) is 0 Å². The number of sulfonamides is 1. The summed E-state index contributed by atoms with van der Waals surface area (Å²) in [6.07, 6.45) is 0.337. The van der Waals surface area contributed by atoms with E-state index in [9.17, 15) is 8.42 Å². The standard InChI is InChI=1S/C24H23ClN2O5S/c1-30-18-7-4-6-16(14-18)21-15-22(20-8-5-9-23(31-2)24(20)32-3)27(26-21)33(28,29)19-12-10-17(25)11-13-19/h4-14,22H,15H2,1-3H3. The van der Waals surface area contributed by atoms with Crippen LogP contribution in [-0.4, -0.2) is 39.9 Å². The van der Waals surface area contributed by atoms with Gasteiger partial charge in [0.05, 0.1) is 38.0 Å². The first kappa shape index (κ1) is 22.9. The van der Waals surface area contributed by atoms with E-state index < -0.39 is 16.1 Å². The fraction of sp³-hybridized carbons (Fsp3) is 0.208. The van der Waals surface area contributed by atoms with Crippen LogP contribution in [0.15, 0.2) is 76.7 Å². The smallest absolute Gasteiger partial charge is 0.279 e. The second-order valence-corrected chi connectivity index (χ2v) is 9.54. The Bertz CT molecular complexity index is 1290. The van der Waals surface area contributed by atoms with Crippen molar-refractivity contribution in [3.8, 4) is 17.2 Å². The highest BCUT2D eigenvalue weighted by Gasteiger charge is 2.39. The summed E-state index contributed by atoms with van der Waals surface area (Å²) in [5.74, 6) is 1.63. The first-order chi connectivity index (χ1) is 15.9. The molecule has 0 saturated heterocycles. The lowest BCUT2D eigenvalue weighted by Crippen LogP contribution is -2.27. The molecule has 0 bridgehead atoms. The molecule has 4 rings (SSSR count). The summed E-state index contributed by atoms with van der Waals surface area (Å²) >= 11 is 5.97. The van der Waals surface area contributed by atoms with Crippen LogP contribution in [0.2, 0.25) is 5.02 Å². The van der Waals surface area contributed by atoms with Crippen LogP contribution < -0.4 is 14.2 Å². The molecule has 0 aliphatic carbocycles. The van der Waals surface area contributed by atoms with E-state index in [1.807, 2.05) is 30.3 Å². The molecule has 33 heavy (non-hydrogen) atoms. The molecular weight excluding hydrogens is 464 g/mol. The van der Waals surface area contributed by atoms with Gasteiger partial charge in [-0.25, -0.2) is 0 Å². The van der Waals surface area contributed by atoms with Crippen molar-refractivity contribution in [1.82, 2.24) is 4.41 Å². The van der Waals surface area contributed by atoms with Crippen LogP contribution in [0.5, 0.6) is 17.2 Å². The van der Waals surface area contributed by atoms with Crippen molar-refractivity contribution < 1.29 is 22.6 Å². The van der Waals surface area contributed by atoms with Gasteiger partial charge in [0.1, 0.15) is 5.75 Å². The minimum atomic E-state index is -3.99. The van der Waals surface area contributed by atoms with Crippen molar-refractivity contribution in [3.63, 3.8) is 0 Å². The van der Waals surface area contributed by atoms with E-state index >= 15 is 0 Å². The maximum absolute atomic E-state index is 13.7. The molecule has 0 fully saturated rings. The minimum Gasteiger partial charge on any atom is -0.497 e. The molecule has 0 aromatic heterocycles. The van der Waals surface area contributed by atoms with Gasteiger partial charge in [-0.3, -0.25) is 0 Å². The van der Waals surface area contributed by atoms with Crippen LogP contribution in [0.3, 0.4) is 0 Å². The number of hydrogen-bond donors (Lipinski definition) is 0. The lowest BCUT2D eigenvalue weighted by molar-refractivity contribution is 0.328. The predicted octanol–water partition coefficient (Wildman–Crippen LogP) is 4.91. The van der Waals surface area contributed by atoms with Crippen molar-refractivity contribution >= 4 is 27.3 Å². The molecule has 3 aromatic rings. The largest absolute Gasteiger partial charge is 0.497 e. The first-order valence-electron chi connectivity index (χ1n) is 10.1. The highest BCUT2D eigenvalue weighted by atomic mass is 35.5. The molecule has 1 atom stereocenters. The summed E-state index contributed by atoms with van der Waals surface area (Å²) in [7, 11) is 0.650. The van der Waals surface area contributed by atoms with Gasteiger partial charge in [0.25, 0.3) is 10.0 Å². The molecular formula is C24H23ClN2O5S. The molecule has 3 aromatic carbocycles. The number of para-hydroxylation sites is 1. The molecule has 0 amide bonds. The fourth-order valence-electron chi connectivity index (χ4n) is 3.81. The average molecular weight is 487 g/mol. The Hall–Kier alpha value is -3.23. The molecule has 172 valence electrons. The van der Waals surface area contributed by atoms with Crippen molar-refractivity contribution in [3.05, 3.63) is 82.9 Å². The van der Waals surface area contributed by atoms with E-state index in [0.717, 1.165) is 9.98 Å². The molecule has 1 heterocycles. The van der Waals surface area contributed by atoms with E-state index in [0.29, 0.717) is 40.0 Å². The van der Waals surface area contributed by atoms with E-state index in [1.165, 1.54) is 26.4 Å². The summed E-state index contributed by atoms with van der Waals surface area (Å²) in [5, 5.41) is 5.02. The normalized spacial score (nSPS) is 15.8. The molecule has 0 spiro atoms. The van der Waals surface area contributed by atoms with Crippen molar-refractivity contribution in [1.29, 1.82) is 0 Å². The molecule has 1 aliphatic heterocycles. The Morgan fingerprint density at radius 3 is 2.33 bits per heavy atom. The van der Waals surface area contributed by atoms with Gasteiger partial charge in [-0.05, 0) is 42.5 Å². The number of nitrogens with zero attached hydrogens (tertiary/aromatic N) is 2. The summed E-state index contributed by atoms with van der Waals surface area (Å²) in [6.45, 7) is 0. The zero-order chi connectivity index (χ0) is 23.6. The Balaban J connectivity index is 1.86. The Labute approximate surface area is 198 Å². The van der Waals surface area contributed by atoms with Gasteiger partial charge in [-0.2, -0.15) is 17.9 Å². The monoisotopic (exact) mass is 486 g/mol. The van der Waals surface area contributed by atoms with Crippen LogP contribution in [0, 0.1) is 0 Å². The van der Waals surface area contributed by atoms with Crippen LogP contribution in [0.25, 0.3) is 0 Å². The fourth-order valence-corrected chi connectivity index (χ4v) is 5.36.